The topological polar surface area (TPSA) is 49.8 Å². The molecular formula is C15H21F2NO3. The Bertz CT molecular complexity index is 415. The highest BCUT2D eigenvalue weighted by Crippen LogP contribution is 2.08. The van der Waals surface area contributed by atoms with Crippen molar-refractivity contribution in [3.8, 4) is 0 Å². The fraction of sp³-hybridized carbons (Fsp3) is 0.533. The second-order valence-electron chi connectivity index (χ2n) is 4.87. The molecule has 6 heteroatoms. The molecule has 0 aromatic heterocycles. The van der Waals surface area contributed by atoms with Crippen LogP contribution in [0.5, 0.6) is 0 Å². The van der Waals surface area contributed by atoms with E-state index in [1.165, 1.54) is 4.90 Å². The van der Waals surface area contributed by atoms with E-state index in [1.54, 1.807) is 6.92 Å². The number of aliphatic hydroxyl groups excluding tert-OH is 1. The predicted molar refractivity (Wildman–Crippen MR) is 74.9 cm³/mol. The Kier molecular flexibility index (Phi) is 7.85. The van der Waals surface area contributed by atoms with E-state index in [4.69, 9.17) is 9.84 Å². The molecule has 0 fully saturated rings. The molecule has 118 valence electrons. The molecule has 21 heavy (non-hydrogen) atoms. The quantitative estimate of drug-likeness (QED) is 0.708. The molecule has 1 aromatic carbocycles. The van der Waals surface area contributed by atoms with Crippen molar-refractivity contribution < 1.29 is 23.4 Å². The second-order valence-corrected chi connectivity index (χ2v) is 4.87. The number of benzene rings is 1. The molecule has 0 saturated carbocycles. The third-order valence-electron chi connectivity index (χ3n) is 2.97. The van der Waals surface area contributed by atoms with Crippen molar-refractivity contribution in [3.63, 3.8) is 0 Å². The molecular weight excluding hydrogens is 280 g/mol. The van der Waals surface area contributed by atoms with E-state index in [1.807, 2.05) is 30.3 Å². The first-order chi connectivity index (χ1) is 10.0. The van der Waals surface area contributed by atoms with Crippen LogP contribution in [-0.2, 0) is 16.1 Å². The second kappa shape index (κ2) is 9.41. The van der Waals surface area contributed by atoms with Gasteiger partial charge in [-0.2, -0.15) is 0 Å². The number of nitrogens with zero attached hydrogens (tertiary/aromatic N) is 1. The number of halogens is 2. The average molecular weight is 301 g/mol. The lowest BCUT2D eigenvalue weighted by atomic mass is 10.1. The number of rotatable bonds is 9. The zero-order chi connectivity index (χ0) is 15.7. The Morgan fingerprint density at radius 3 is 2.52 bits per heavy atom. The zero-order valence-electron chi connectivity index (χ0n) is 12.0. The minimum absolute atomic E-state index is 0.112. The van der Waals surface area contributed by atoms with Crippen molar-refractivity contribution >= 4 is 5.97 Å². The SMILES string of the molecule is CC(CN(CCO)CC(F)F)C(=O)OCc1ccccc1. The molecule has 0 radical (unpaired) electrons. The van der Waals surface area contributed by atoms with Gasteiger partial charge in [0, 0.05) is 13.1 Å². The number of hydrogen-bond donors (Lipinski definition) is 1. The monoisotopic (exact) mass is 301 g/mol. The van der Waals surface area contributed by atoms with Crippen LogP contribution in [0.2, 0.25) is 0 Å². The van der Waals surface area contributed by atoms with Crippen molar-refractivity contribution in [1.82, 2.24) is 4.90 Å². The number of hydrogen-bond acceptors (Lipinski definition) is 4. The van der Waals surface area contributed by atoms with Gasteiger partial charge in [0.2, 0.25) is 0 Å². The molecule has 4 nitrogen and oxygen atoms in total. The Morgan fingerprint density at radius 2 is 1.95 bits per heavy atom. The van der Waals surface area contributed by atoms with E-state index in [-0.39, 0.29) is 26.3 Å². The summed E-state index contributed by atoms with van der Waals surface area (Å²) in [6, 6.07) is 9.24. The number of aliphatic hydroxyl groups is 1. The van der Waals surface area contributed by atoms with Gasteiger partial charge in [0.15, 0.2) is 0 Å². The van der Waals surface area contributed by atoms with Gasteiger partial charge in [-0.3, -0.25) is 9.69 Å². The summed E-state index contributed by atoms with van der Waals surface area (Å²) >= 11 is 0. The average Bonchev–Trinajstić information content (AvgIpc) is 2.45. The number of carbonyl (C=O) groups excluding carboxylic acids is 1. The fourth-order valence-electron chi connectivity index (χ4n) is 1.93. The maximum absolute atomic E-state index is 12.4. The molecule has 1 aromatic rings. The highest BCUT2D eigenvalue weighted by atomic mass is 19.3. The van der Waals surface area contributed by atoms with Crippen LogP contribution in [0.15, 0.2) is 30.3 Å². The van der Waals surface area contributed by atoms with Crippen LogP contribution in [-0.4, -0.2) is 48.6 Å². The maximum Gasteiger partial charge on any atom is 0.310 e. The van der Waals surface area contributed by atoms with E-state index in [2.05, 4.69) is 0 Å². The van der Waals surface area contributed by atoms with Gasteiger partial charge in [-0.1, -0.05) is 37.3 Å². The molecule has 1 N–H and O–H groups in total. The van der Waals surface area contributed by atoms with Gasteiger partial charge in [-0.05, 0) is 5.56 Å². The molecule has 0 heterocycles. The summed E-state index contributed by atoms with van der Waals surface area (Å²) in [5, 5.41) is 8.85. The molecule has 0 aliphatic heterocycles. The van der Waals surface area contributed by atoms with Crippen molar-refractivity contribution in [3.05, 3.63) is 35.9 Å². The number of ether oxygens (including phenoxy) is 1. The molecule has 0 aliphatic rings. The molecule has 0 amide bonds. The van der Waals surface area contributed by atoms with Crippen LogP contribution in [0.4, 0.5) is 8.78 Å². The highest BCUT2D eigenvalue weighted by Gasteiger charge is 2.20. The fourth-order valence-corrected chi connectivity index (χ4v) is 1.93. The number of carbonyl (C=O) groups is 1. The van der Waals surface area contributed by atoms with E-state index >= 15 is 0 Å². The van der Waals surface area contributed by atoms with Crippen LogP contribution in [0, 0.1) is 5.92 Å². The Balaban J connectivity index is 2.41. The van der Waals surface area contributed by atoms with Gasteiger partial charge >= 0.3 is 5.97 Å². The van der Waals surface area contributed by atoms with Gasteiger partial charge in [-0.25, -0.2) is 8.78 Å². The third-order valence-corrected chi connectivity index (χ3v) is 2.97. The first kappa shape index (κ1) is 17.5. The van der Waals surface area contributed by atoms with Crippen molar-refractivity contribution in [2.24, 2.45) is 5.92 Å². The Hall–Kier alpha value is -1.53. The molecule has 1 unspecified atom stereocenters. The molecule has 0 aliphatic carbocycles. The van der Waals surface area contributed by atoms with E-state index in [0.717, 1.165) is 5.56 Å². The standard InChI is InChI=1S/C15H21F2NO3/c1-12(9-18(7-8-19)10-14(16)17)15(20)21-11-13-5-3-2-4-6-13/h2-6,12,14,19H,7-11H2,1H3. The summed E-state index contributed by atoms with van der Waals surface area (Å²) in [6.07, 6.45) is -2.50. The van der Waals surface area contributed by atoms with Crippen LogP contribution in [0.3, 0.4) is 0 Å². The third kappa shape index (κ3) is 7.15. The molecule has 0 bridgehead atoms. The highest BCUT2D eigenvalue weighted by molar-refractivity contribution is 5.72. The van der Waals surface area contributed by atoms with Crippen molar-refractivity contribution in [1.29, 1.82) is 0 Å². The zero-order valence-corrected chi connectivity index (χ0v) is 12.0. The summed E-state index contributed by atoms with van der Waals surface area (Å²) in [7, 11) is 0. The molecule has 0 spiro atoms. The molecule has 0 saturated heterocycles. The van der Waals surface area contributed by atoms with Crippen molar-refractivity contribution in [2.45, 2.75) is 20.0 Å². The lowest BCUT2D eigenvalue weighted by molar-refractivity contribution is -0.150. The van der Waals surface area contributed by atoms with Crippen LogP contribution in [0.1, 0.15) is 12.5 Å². The minimum Gasteiger partial charge on any atom is -0.461 e. The maximum atomic E-state index is 12.4. The lowest BCUT2D eigenvalue weighted by Gasteiger charge is -2.23. The van der Waals surface area contributed by atoms with E-state index < -0.39 is 24.9 Å². The van der Waals surface area contributed by atoms with Gasteiger partial charge in [0.25, 0.3) is 6.43 Å². The van der Waals surface area contributed by atoms with E-state index in [0.29, 0.717) is 0 Å². The van der Waals surface area contributed by atoms with E-state index in [9.17, 15) is 13.6 Å². The Morgan fingerprint density at radius 1 is 1.29 bits per heavy atom. The molecule has 1 atom stereocenters. The van der Waals surface area contributed by atoms with Crippen molar-refractivity contribution in [2.75, 3.05) is 26.2 Å². The Labute approximate surface area is 123 Å². The van der Waals surface area contributed by atoms with Gasteiger partial charge in [0.05, 0.1) is 19.1 Å². The number of alkyl halides is 2. The largest absolute Gasteiger partial charge is 0.461 e. The number of esters is 1. The van der Waals surface area contributed by atoms with Gasteiger partial charge in [0.1, 0.15) is 6.61 Å². The summed E-state index contributed by atoms with van der Waals surface area (Å²) in [5.41, 5.74) is 0.873. The van der Waals surface area contributed by atoms with Gasteiger partial charge < -0.3 is 9.84 Å². The van der Waals surface area contributed by atoms with Crippen LogP contribution >= 0.6 is 0 Å². The van der Waals surface area contributed by atoms with Gasteiger partial charge in [-0.15, -0.1) is 0 Å². The normalized spacial score (nSPS) is 12.7. The summed E-state index contributed by atoms with van der Waals surface area (Å²) in [4.78, 5) is 13.2. The van der Waals surface area contributed by atoms with Crippen LogP contribution < -0.4 is 0 Å². The predicted octanol–water partition coefficient (Wildman–Crippen LogP) is 1.93. The van der Waals surface area contributed by atoms with Crippen LogP contribution in [0.25, 0.3) is 0 Å². The first-order valence-electron chi connectivity index (χ1n) is 6.85. The first-order valence-corrected chi connectivity index (χ1v) is 6.85. The summed E-state index contributed by atoms with van der Waals surface area (Å²) < 4.78 is 29.9. The lowest BCUT2D eigenvalue weighted by Crippen LogP contribution is -2.37. The summed E-state index contributed by atoms with van der Waals surface area (Å²) in [5.74, 6) is -0.963. The summed E-state index contributed by atoms with van der Waals surface area (Å²) in [6.45, 7) is 1.36. The molecule has 1 rings (SSSR count). The minimum atomic E-state index is -2.50. The smallest absolute Gasteiger partial charge is 0.310 e.